The van der Waals surface area contributed by atoms with Gasteiger partial charge < -0.3 is 0 Å². The van der Waals surface area contributed by atoms with Crippen LogP contribution < -0.4 is 0 Å². The Kier molecular flexibility index (Phi) is 3.52. The maximum absolute atomic E-state index is 4.45. The number of aryl methyl sites for hydroxylation is 3. The number of thiazole rings is 1. The fraction of sp³-hybridized carbons (Fsp3) is 0.625. The van der Waals surface area contributed by atoms with Crippen molar-refractivity contribution in [3.8, 4) is 0 Å². The van der Waals surface area contributed by atoms with Crippen molar-refractivity contribution in [1.29, 1.82) is 0 Å². The summed E-state index contributed by atoms with van der Waals surface area (Å²) >= 11 is 5.23. The Morgan fingerprint density at radius 1 is 1.45 bits per heavy atom. The molecule has 0 aromatic carbocycles. The van der Waals surface area contributed by atoms with E-state index in [1.807, 2.05) is 11.3 Å². The molecular weight excluding hydrogens is 222 g/mol. The Balaban J connectivity index is 2.58. The van der Waals surface area contributed by atoms with E-state index in [0.29, 0.717) is 0 Å². The molecule has 0 saturated heterocycles. The third-order valence-electron chi connectivity index (χ3n) is 1.60. The molecule has 1 rings (SSSR count). The Hall–Kier alpha value is 0.110. The zero-order chi connectivity index (χ0) is 8.27. The van der Waals surface area contributed by atoms with Gasteiger partial charge in [-0.25, -0.2) is 4.98 Å². The summed E-state index contributed by atoms with van der Waals surface area (Å²) in [4.78, 5) is 5.80. The van der Waals surface area contributed by atoms with Crippen molar-refractivity contribution in [2.45, 2.75) is 26.7 Å². The average Bonchev–Trinajstić information content (AvgIpc) is 2.28. The lowest BCUT2D eigenvalue weighted by molar-refractivity contribution is 0.918. The average molecular weight is 234 g/mol. The summed E-state index contributed by atoms with van der Waals surface area (Å²) in [7, 11) is 0. The van der Waals surface area contributed by atoms with Gasteiger partial charge in [-0.2, -0.15) is 0 Å². The van der Waals surface area contributed by atoms with Gasteiger partial charge in [0.25, 0.3) is 0 Å². The molecular formula is C8H12BrNS. The lowest BCUT2D eigenvalue weighted by atomic mass is 10.3. The molecule has 0 aliphatic heterocycles. The van der Waals surface area contributed by atoms with Crippen LogP contribution in [0.5, 0.6) is 0 Å². The topological polar surface area (TPSA) is 12.9 Å². The number of alkyl halides is 1. The van der Waals surface area contributed by atoms with Crippen molar-refractivity contribution < 1.29 is 0 Å². The summed E-state index contributed by atoms with van der Waals surface area (Å²) in [6.07, 6.45) is 2.30. The molecule has 0 aliphatic rings. The lowest BCUT2D eigenvalue weighted by Gasteiger charge is -1.89. The molecule has 3 heteroatoms. The second-order valence-electron chi connectivity index (χ2n) is 2.54. The molecule has 1 aromatic rings. The van der Waals surface area contributed by atoms with Gasteiger partial charge in [0.1, 0.15) is 0 Å². The van der Waals surface area contributed by atoms with E-state index in [2.05, 4.69) is 34.8 Å². The highest BCUT2D eigenvalue weighted by Crippen LogP contribution is 2.17. The normalized spacial score (nSPS) is 10.5. The number of halogens is 1. The van der Waals surface area contributed by atoms with Crippen molar-refractivity contribution in [2.24, 2.45) is 0 Å². The molecule has 1 heterocycles. The standard InChI is InChI=1S/C8H12BrNS/c1-6-7(2)11-8(10-6)4-3-5-9/h3-5H2,1-2H3. The van der Waals surface area contributed by atoms with Gasteiger partial charge >= 0.3 is 0 Å². The Labute approximate surface area is 80.0 Å². The second kappa shape index (κ2) is 4.21. The van der Waals surface area contributed by atoms with E-state index in [-0.39, 0.29) is 0 Å². The van der Waals surface area contributed by atoms with Crippen LogP contribution in [0.1, 0.15) is 22.0 Å². The van der Waals surface area contributed by atoms with Crippen LogP contribution in [0, 0.1) is 13.8 Å². The molecule has 0 radical (unpaired) electrons. The fourth-order valence-electron chi connectivity index (χ4n) is 0.864. The smallest absolute Gasteiger partial charge is 0.0931 e. The van der Waals surface area contributed by atoms with Crippen molar-refractivity contribution >= 4 is 27.3 Å². The Bertz CT molecular complexity index is 212. The molecule has 0 saturated carbocycles. The molecule has 1 nitrogen and oxygen atoms in total. The minimum absolute atomic E-state index is 1.07. The van der Waals surface area contributed by atoms with E-state index >= 15 is 0 Å². The zero-order valence-electron chi connectivity index (χ0n) is 6.85. The van der Waals surface area contributed by atoms with E-state index in [1.165, 1.54) is 22.0 Å². The third-order valence-corrected chi connectivity index (χ3v) is 3.29. The monoisotopic (exact) mass is 233 g/mol. The summed E-state index contributed by atoms with van der Waals surface area (Å²) in [5.41, 5.74) is 1.19. The summed E-state index contributed by atoms with van der Waals surface area (Å²) in [5, 5.41) is 2.35. The van der Waals surface area contributed by atoms with E-state index in [1.54, 1.807) is 0 Å². The maximum atomic E-state index is 4.45. The minimum Gasteiger partial charge on any atom is -0.246 e. The fourth-order valence-corrected chi connectivity index (χ4v) is 2.12. The molecule has 0 atom stereocenters. The number of aromatic nitrogens is 1. The quantitative estimate of drug-likeness (QED) is 0.732. The summed E-state index contributed by atoms with van der Waals surface area (Å²) < 4.78 is 0. The van der Waals surface area contributed by atoms with Gasteiger partial charge in [-0.1, -0.05) is 15.9 Å². The summed E-state index contributed by atoms with van der Waals surface area (Å²) in [5.74, 6) is 0. The zero-order valence-corrected chi connectivity index (χ0v) is 9.26. The predicted octanol–water partition coefficient (Wildman–Crippen LogP) is 3.09. The SMILES string of the molecule is Cc1nc(CCCBr)sc1C. The van der Waals surface area contributed by atoms with Gasteiger partial charge in [0.2, 0.25) is 0 Å². The molecule has 0 N–H and O–H groups in total. The first kappa shape index (κ1) is 9.20. The molecule has 0 bridgehead atoms. The van der Waals surface area contributed by atoms with Crippen LogP contribution in [0.15, 0.2) is 0 Å². The van der Waals surface area contributed by atoms with E-state index in [9.17, 15) is 0 Å². The molecule has 1 aromatic heterocycles. The van der Waals surface area contributed by atoms with Crippen LogP contribution in [-0.4, -0.2) is 10.3 Å². The highest BCUT2D eigenvalue weighted by atomic mass is 79.9. The highest BCUT2D eigenvalue weighted by molar-refractivity contribution is 9.09. The first-order valence-electron chi connectivity index (χ1n) is 3.73. The van der Waals surface area contributed by atoms with Crippen LogP contribution in [0.3, 0.4) is 0 Å². The number of nitrogens with zero attached hydrogens (tertiary/aromatic N) is 1. The van der Waals surface area contributed by atoms with Gasteiger partial charge in [0.05, 0.1) is 10.7 Å². The van der Waals surface area contributed by atoms with Crippen molar-refractivity contribution in [3.05, 3.63) is 15.6 Å². The first-order valence-corrected chi connectivity index (χ1v) is 5.66. The highest BCUT2D eigenvalue weighted by Gasteiger charge is 2.01. The van der Waals surface area contributed by atoms with Crippen LogP contribution in [0.25, 0.3) is 0 Å². The van der Waals surface area contributed by atoms with Crippen molar-refractivity contribution in [1.82, 2.24) is 4.98 Å². The van der Waals surface area contributed by atoms with Crippen LogP contribution in [0.4, 0.5) is 0 Å². The van der Waals surface area contributed by atoms with Crippen LogP contribution >= 0.6 is 27.3 Å². The molecule has 11 heavy (non-hydrogen) atoms. The molecule has 0 aliphatic carbocycles. The van der Waals surface area contributed by atoms with Gasteiger partial charge in [-0.3, -0.25) is 0 Å². The Morgan fingerprint density at radius 3 is 2.64 bits per heavy atom. The van der Waals surface area contributed by atoms with Gasteiger partial charge in [0, 0.05) is 16.6 Å². The molecule has 0 fully saturated rings. The maximum Gasteiger partial charge on any atom is 0.0931 e. The molecule has 0 unspecified atom stereocenters. The van der Waals surface area contributed by atoms with Crippen molar-refractivity contribution in [2.75, 3.05) is 5.33 Å². The van der Waals surface area contributed by atoms with Crippen LogP contribution in [0.2, 0.25) is 0 Å². The lowest BCUT2D eigenvalue weighted by Crippen LogP contribution is -1.84. The summed E-state index contributed by atoms with van der Waals surface area (Å²) in [6.45, 7) is 4.20. The summed E-state index contributed by atoms with van der Waals surface area (Å²) in [6, 6.07) is 0. The molecule has 0 spiro atoms. The number of rotatable bonds is 3. The number of hydrogen-bond acceptors (Lipinski definition) is 2. The van der Waals surface area contributed by atoms with Crippen LogP contribution in [-0.2, 0) is 6.42 Å². The molecule has 62 valence electrons. The molecule has 0 amide bonds. The van der Waals surface area contributed by atoms with Gasteiger partial charge in [-0.05, 0) is 20.3 Å². The van der Waals surface area contributed by atoms with Crippen molar-refractivity contribution in [3.63, 3.8) is 0 Å². The first-order chi connectivity index (χ1) is 5.24. The van der Waals surface area contributed by atoms with Gasteiger partial charge in [0.15, 0.2) is 0 Å². The van der Waals surface area contributed by atoms with E-state index in [0.717, 1.165) is 11.8 Å². The Morgan fingerprint density at radius 2 is 2.18 bits per heavy atom. The predicted molar refractivity (Wildman–Crippen MR) is 53.7 cm³/mol. The van der Waals surface area contributed by atoms with Gasteiger partial charge in [-0.15, -0.1) is 11.3 Å². The largest absolute Gasteiger partial charge is 0.246 e. The number of hydrogen-bond donors (Lipinski definition) is 0. The second-order valence-corrected chi connectivity index (χ2v) is 4.62. The minimum atomic E-state index is 1.07. The third kappa shape index (κ3) is 2.56. The van der Waals surface area contributed by atoms with E-state index < -0.39 is 0 Å². The van der Waals surface area contributed by atoms with E-state index in [4.69, 9.17) is 0 Å².